The number of nitrogens with one attached hydrogen (secondary N) is 1. The molecule has 3 rings (SSSR count). The monoisotopic (exact) mass is 454 g/mol. The van der Waals surface area contributed by atoms with Crippen LogP contribution in [0.15, 0.2) is 60.8 Å². The number of primary amides is 1. The molecule has 0 saturated carbocycles. The molecular formula is C26H32F2N4O. The Kier molecular flexibility index (Phi) is 7.66. The van der Waals surface area contributed by atoms with Gasteiger partial charge in [0.2, 0.25) is 5.91 Å². The van der Waals surface area contributed by atoms with E-state index >= 15 is 0 Å². The maximum Gasteiger partial charge on any atom is 0.234 e. The van der Waals surface area contributed by atoms with Crippen molar-refractivity contribution >= 4 is 5.91 Å². The van der Waals surface area contributed by atoms with Gasteiger partial charge in [0.15, 0.2) is 0 Å². The quantitative estimate of drug-likeness (QED) is 0.449. The summed E-state index contributed by atoms with van der Waals surface area (Å²) < 4.78 is 30.5. The molecule has 0 bridgehead atoms. The van der Waals surface area contributed by atoms with Crippen molar-refractivity contribution in [3.8, 4) is 11.1 Å². The fourth-order valence-electron chi connectivity index (χ4n) is 3.93. The zero-order valence-electron chi connectivity index (χ0n) is 19.3. The number of carbonyl (C=O) groups excluding carboxylic acids is 1. The summed E-state index contributed by atoms with van der Waals surface area (Å²) in [7, 11) is 0. The van der Waals surface area contributed by atoms with E-state index in [1.54, 1.807) is 0 Å². The van der Waals surface area contributed by atoms with Gasteiger partial charge in [0.05, 0.1) is 12.1 Å². The summed E-state index contributed by atoms with van der Waals surface area (Å²) in [4.78, 5) is 11.3. The largest absolute Gasteiger partial charge is 0.368 e. The van der Waals surface area contributed by atoms with Crippen LogP contribution >= 0.6 is 0 Å². The third-order valence-electron chi connectivity index (χ3n) is 5.70. The van der Waals surface area contributed by atoms with Gasteiger partial charge in [0.25, 0.3) is 0 Å². The average molecular weight is 455 g/mol. The van der Waals surface area contributed by atoms with Crippen molar-refractivity contribution in [2.24, 2.45) is 16.9 Å². The smallest absolute Gasteiger partial charge is 0.234 e. The van der Waals surface area contributed by atoms with E-state index in [1.165, 1.54) is 6.07 Å². The van der Waals surface area contributed by atoms with Gasteiger partial charge in [0.1, 0.15) is 11.6 Å². The highest BCUT2D eigenvalue weighted by atomic mass is 19.1. The second-order valence-electron chi connectivity index (χ2n) is 9.44. The molecule has 0 saturated heterocycles. The lowest BCUT2D eigenvalue weighted by atomic mass is 9.84. The lowest BCUT2D eigenvalue weighted by Gasteiger charge is -2.33. The number of benzene rings is 2. The Morgan fingerprint density at radius 1 is 1.09 bits per heavy atom. The molecule has 176 valence electrons. The first-order chi connectivity index (χ1) is 15.6. The topological polar surface area (TPSA) is 86.1 Å². The summed E-state index contributed by atoms with van der Waals surface area (Å²) in [5.41, 5.74) is 13.7. The third kappa shape index (κ3) is 6.27. The fraction of sp³-hybridized carbons (Fsp3) is 0.346. The Bertz CT molecular complexity index is 1090. The zero-order valence-corrected chi connectivity index (χ0v) is 19.3. The zero-order chi connectivity index (χ0) is 24.2. The molecule has 0 radical (unpaired) electrons. The van der Waals surface area contributed by atoms with E-state index in [2.05, 4.69) is 30.7 Å². The van der Waals surface area contributed by atoms with Crippen molar-refractivity contribution in [3.63, 3.8) is 0 Å². The fourth-order valence-corrected chi connectivity index (χ4v) is 3.93. The number of halogens is 2. The number of carbonyl (C=O) groups is 1. The molecular weight excluding hydrogens is 422 g/mol. The Morgan fingerprint density at radius 3 is 2.42 bits per heavy atom. The molecule has 0 spiro atoms. The summed E-state index contributed by atoms with van der Waals surface area (Å²) in [6, 6.07) is 14.4. The van der Waals surface area contributed by atoms with Gasteiger partial charge in [-0.1, -0.05) is 51.1 Å². The molecule has 2 aromatic carbocycles. The van der Waals surface area contributed by atoms with Gasteiger partial charge in [-0.3, -0.25) is 4.79 Å². The Hall–Kier alpha value is -3.03. The molecule has 33 heavy (non-hydrogen) atoms. The predicted molar refractivity (Wildman–Crippen MR) is 127 cm³/mol. The number of hydrogen-bond donors (Lipinski definition) is 3. The van der Waals surface area contributed by atoms with E-state index in [4.69, 9.17) is 11.5 Å². The van der Waals surface area contributed by atoms with E-state index < -0.39 is 23.6 Å². The van der Waals surface area contributed by atoms with Crippen LogP contribution < -0.4 is 16.8 Å². The van der Waals surface area contributed by atoms with E-state index in [9.17, 15) is 13.6 Å². The number of amides is 1. The predicted octanol–water partition coefficient (Wildman–Crippen LogP) is 4.36. The Balaban J connectivity index is 2.02. The van der Waals surface area contributed by atoms with Gasteiger partial charge in [-0.15, -0.1) is 0 Å². The highest BCUT2D eigenvalue weighted by molar-refractivity contribution is 5.79. The van der Waals surface area contributed by atoms with Crippen molar-refractivity contribution in [2.45, 2.75) is 45.8 Å². The number of nitrogens with two attached hydrogens (primary N) is 2. The molecule has 1 aromatic heterocycles. The average Bonchev–Trinajstić information content (AvgIpc) is 3.15. The lowest BCUT2D eigenvalue weighted by Crippen LogP contribution is -2.41. The number of aromatic nitrogens is 1. The minimum Gasteiger partial charge on any atom is -0.368 e. The van der Waals surface area contributed by atoms with Crippen LogP contribution in [0.3, 0.4) is 0 Å². The van der Waals surface area contributed by atoms with E-state index in [1.807, 2.05) is 42.6 Å². The summed E-state index contributed by atoms with van der Waals surface area (Å²) in [6.07, 6.45) is 2.25. The first kappa shape index (κ1) is 24.6. The Labute approximate surface area is 193 Å². The SMILES string of the molecule is CC(C)(C)[C@@H](NCC[C@H](N)C(N)=O)c1cc(-c2cc(F)ccc2F)cn1Cc1ccccc1. The minimum absolute atomic E-state index is 0.147. The minimum atomic E-state index is -0.730. The van der Waals surface area contributed by atoms with Crippen molar-refractivity contribution < 1.29 is 13.6 Å². The van der Waals surface area contributed by atoms with Crippen molar-refractivity contribution in [1.29, 1.82) is 0 Å². The van der Waals surface area contributed by atoms with Gasteiger partial charge >= 0.3 is 0 Å². The maximum absolute atomic E-state index is 14.6. The molecule has 1 amide bonds. The number of rotatable bonds is 9. The van der Waals surface area contributed by atoms with E-state index in [0.29, 0.717) is 25.1 Å². The highest BCUT2D eigenvalue weighted by Crippen LogP contribution is 2.37. The molecule has 3 aromatic rings. The highest BCUT2D eigenvalue weighted by Gasteiger charge is 2.29. The molecule has 1 heterocycles. The van der Waals surface area contributed by atoms with Gasteiger partial charge in [-0.05, 0) is 48.2 Å². The molecule has 2 atom stereocenters. The van der Waals surface area contributed by atoms with Crippen LogP contribution in [0.25, 0.3) is 11.1 Å². The van der Waals surface area contributed by atoms with E-state index in [0.717, 1.165) is 23.4 Å². The molecule has 5 nitrogen and oxygen atoms in total. The van der Waals surface area contributed by atoms with Gasteiger partial charge in [0, 0.05) is 29.6 Å². The lowest BCUT2D eigenvalue weighted by molar-refractivity contribution is -0.119. The Morgan fingerprint density at radius 2 is 1.79 bits per heavy atom. The van der Waals surface area contributed by atoms with Gasteiger partial charge in [-0.2, -0.15) is 0 Å². The molecule has 7 heteroatoms. The van der Waals surface area contributed by atoms with Crippen molar-refractivity contribution in [1.82, 2.24) is 9.88 Å². The molecule has 0 aliphatic heterocycles. The molecule has 0 unspecified atom stereocenters. The van der Waals surface area contributed by atoms with Crippen LogP contribution in [-0.2, 0) is 11.3 Å². The van der Waals surface area contributed by atoms with Crippen molar-refractivity contribution in [2.75, 3.05) is 6.54 Å². The van der Waals surface area contributed by atoms with Crippen LogP contribution in [0.1, 0.15) is 44.5 Å². The molecule has 0 fully saturated rings. The first-order valence-electron chi connectivity index (χ1n) is 11.0. The van der Waals surface area contributed by atoms with Crippen LogP contribution in [0, 0.1) is 17.0 Å². The molecule has 0 aliphatic carbocycles. The summed E-state index contributed by atoms with van der Waals surface area (Å²) in [5.74, 6) is -1.51. The summed E-state index contributed by atoms with van der Waals surface area (Å²) in [6.45, 7) is 7.34. The van der Waals surface area contributed by atoms with Crippen LogP contribution in [0.4, 0.5) is 8.78 Å². The summed E-state index contributed by atoms with van der Waals surface area (Å²) >= 11 is 0. The first-order valence-corrected chi connectivity index (χ1v) is 11.0. The van der Waals surface area contributed by atoms with Crippen LogP contribution in [-0.4, -0.2) is 23.1 Å². The molecule has 5 N–H and O–H groups in total. The number of nitrogens with zero attached hydrogens (tertiary/aromatic N) is 1. The normalized spacial score (nSPS) is 13.6. The van der Waals surface area contributed by atoms with Gasteiger partial charge in [-0.25, -0.2) is 8.78 Å². The summed E-state index contributed by atoms with van der Waals surface area (Å²) in [5, 5.41) is 3.50. The second-order valence-corrected chi connectivity index (χ2v) is 9.44. The van der Waals surface area contributed by atoms with Crippen LogP contribution in [0.2, 0.25) is 0 Å². The van der Waals surface area contributed by atoms with Gasteiger partial charge < -0.3 is 21.4 Å². The van der Waals surface area contributed by atoms with E-state index in [-0.39, 0.29) is 17.0 Å². The molecule has 0 aliphatic rings. The standard InChI is InChI=1S/C26H32F2N4O/c1-26(2,3)24(31-12-11-22(29)25(30)33)23-13-18(20-14-19(27)9-10-21(20)28)16-32(23)15-17-7-5-4-6-8-17/h4-10,13-14,16,22,24,31H,11-12,15,29H2,1-3H3,(H2,30,33)/t22-,24-/m0/s1. The third-order valence-corrected chi connectivity index (χ3v) is 5.70. The number of hydrogen-bond acceptors (Lipinski definition) is 3. The van der Waals surface area contributed by atoms with Crippen molar-refractivity contribution in [3.05, 3.63) is 83.7 Å². The maximum atomic E-state index is 14.6. The van der Waals surface area contributed by atoms with Crippen LogP contribution in [0.5, 0.6) is 0 Å². The second kappa shape index (κ2) is 10.3.